The Morgan fingerprint density at radius 1 is 0.852 bits per heavy atom. The van der Waals surface area contributed by atoms with E-state index in [-0.39, 0.29) is 5.82 Å². The summed E-state index contributed by atoms with van der Waals surface area (Å²) in [6.45, 7) is 1.90. The number of aromatic nitrogens is 4. The number of hydrogen-bond donors (Lipinski definition) is 0. The zero-order valence-electron chi connectivity index (χ0n) is 14.9. The predicted octanol–water partition coefficient (Wildman–Crippen LogP) is 3.94. The molecule has 0 bridgehead atoms. The second-order valence-electron chi connectivity index (χ2n) is 7.27. The minimum Gasteiger partial charge on any atom is -0.369 e. The number of hydrogen-bond acceptors (Lipinski definition) is 5. The van der Waals surface area contributed by atoms with Gasteiger partial charge in [0.05, 0.1) is 5.69 Å². The van der Waals surface area contributed by atoms with Gasteiger partial charge in [0.15, 0.2) is 11.6 Å². The van der Waals surface area contributed by atoms with Crippen LogP contribution in [0, 0.1) is 5.82 Å². The lowest BCUT2D eigenvalue weighted by atomic mass is 10.1. The first-order chi connectivity index (χ1) is 13.3. The van der Waals surface area contributed by atoms with Crippen molar-refractivity contribution in [3.63, 3.8) is 0 Å². The molecule has 0 unspecified atom stereocenters. The quantitative estimate of drug-likeness (QED) is 0.704. The molecule has 6 heteroatoms. The molecule has 1 aliphatic carbocycles. The fourth-order valence-corrected chi connectivity index (χ4v) is 3.95. The Morgan fingerprint density at radius 2 is 1.52 bits per heavy atom. The van der Waals surface area contributed by atoms with Crippen LogP contribution in [-0.2, 0) is 0 Å². The fraction of sp³-hybridized carbons (Fsp3) is 0.333. The van der Waals surface area contributed by atoms with Crippen LogP contribution in [0.15, 0.2) is 49.1 Å². The highest BCUT2D eigenvalue weighted by Gasteiger charge is 2.40. The summed E-state index contributed by atoms with van der Waals surface area (Å²) in [6.07, 6.45) is 10.4. The average Bonchev–Trinajstić information content (AvgIpc) is 3.33. The van der Waals surface area contributed by atoms with Gasteiger partial charge in [0.25, 0.3) is 0 Å². The summed E-state index contributed by atoms with van der Waals surface area (Å²) in [7, 11) is 0. The van der Waals surface area contributed by atoms with E-state index in [1.54, 1.807) is 24.5 Å². The minimum atomic E-state index is -0.117. The molecule has 0 radical (unpaired) electrons. The second kappa shape index (κ2) is 6.68. The maximum Gasteiger partial charge on any atom is 0.197 e. The molecular formula is C21H20FN5. The molecule has 1 saturated heterocycles. The molecule has 3 heterocycles. The summed E-state index contributed by atoms with van der Waals surface area (Å²) >= 11 is 0. The Morgan fingerprint density at radius 3 is 2.26 bits per heavy atom. The molecule has 2 aliphatic rings. The van der Waals surface area contributed by atoms with Gasteiger partial charge in [-0.2, -0.15) is 0 Å². The van der Waals surface area contributed by atoms with Gasteiger partial charge in [-0.15, -0.1) is 0 Å². The van der Waals surface area contributed by atoms with Crippen molar-refractivity contribution in [2.24, 2.45) is 0 Å². The van der Waals surface area contributed by atoms with Crippen LogP contribution in [-0.4, -0.2) is 33.0 Å². The maximum absolute atomic E-state index is 14.3. The van der Waals surface area contributed by atoms with Gasteiger partial charge in [-0.3, -0.25) is 0 Å². The van der Waals surface area contributed by atoms with Crippen molar-refractivity contribution < 1.29 is 4.39 Å². The van der Waals surface area contributed by atoms with Gasteiger partial charge in [-0.25, -0.2) is 24.3 Å². The first-order valence-corrected chi connectivity index (χ1v) is 9.43. The Hall–Kier alpha value is -2.89. The maximum atomic E-state index is 14.3. The smallest absolute Gasteiger partial charge is 0.197 e. The summed E-state index contributed by atoms with van der Waals surface area (Å²) in [5.41, 5.74) is 3.08. The van der Waals surface area contributed by atoms with Crippen molar-refractivity contribution in [2.75, 3.05) is 18.0 Å². The molecule has 1 aliphatic heterocycles. The van der Waals surface area contributed by atoms with Gasteiger partial charge >= 0.3 is 0 Å². The molecule has 5 nitrogen and oxygen atoms in total. The molecule has 0 N–H and O–H groups in total. The zero-order valence-corrected chi connectivity index (χ0v) is 14.9. The summed E-state index contributed by atoms with van der Waals surface area (Å²) in [5, 5.41) is 0. The van der Waals surface area contributed by atoms with E-state index in [0.29, 0.717) is 23.5 Å². The topological polar surface area (TPSA) is 54.8 Å². The van der Waals surface area contributed by atoms with E-state index < -0.39 is 0 Å². The van der Waals surface area contributed by atoms with E-state index >= 15 is 0 Å². The molecule has 2 fully saturated rings. The molecule has 3 aromatic rings. The number of nitrogens with zero attached hydrogens (tertiary/aromatic N) is 5. The lowest BCUT2D eigenvalue weighted by Gasteiger charge is -2.19. The molecule has 0 spiro atoms. The summed E-state index contributed by atoms with van der Waals surface area (Å²) in [6, 6.07) is 7.35. The number of benzene rings is 1. The third-order valence-electron chi connectivity index (χ3n) is 5.50. The van der Waals surface area contributed by atoms with Crippen LogP contribution in [0.4, 0.5) is 10.1 Å². The Kier molecular flexibility index (Phi) is 4.03. The third-order valence-corrected chi connectivity index (χ3v) is 5.50. The molecule has 1 saturated carbocycles. The highest BCUT2D eigenvalue weighted by atomic mass is 19.1. The molecule has 27 heavy (non-hydrogen) atoms. The van der Waals surface area contributed by atoms with E-state index in [1.807, 2.05) is 24.5 Å². The molecule has 0 amide bonds. The average molecular weight is 361 g/mol. The molecule has 2 atom stereocenters. The monoisotopic (exact) mass is 361 g/mol. The van der Waals surface area contributed by atoms with Crippen LogP contribution >= 0.6 is 0 Å². The Labute approximate surface area is 157 Å². The highest BCUT2D eigenvalue weighted by molar-refractivity contribution is 5.53. The molecule has 5 rings (SSSR count). The lowest BCUT2D eigenvalue weighted by molar-refractivity contribution is 0.622. The van der Waals surface area contributed by atoms with Crippen molar-refractivity contribution in [2.45, 2.75) is 31.1 Å². The lowest BCUT2D eigenvalue weighted by Crippen LogP contribution is -2.19. The number of halogens is 1. The normalized spacial score (nSPS) is 21.4. The molecule has 1 aromatic carbocycles. The van der Waals surface area contributed by atoms with Gasteiger partial charge in [0.2, 0.25) is 0 Å². The first kappa shape index (κ1) is 16.3. The Bertz CT molecular complexity index is 939. The summed E-state index contributed by atoms with van der Waals surface area (Å²) < 4.78 is 14.3. The number of anilines is 1. The largest absolute Gasteiger partial charge is 0.369 e. The Balaban J connectivity index is 1.34. The van der Waals surface area contributed by atoms with Gasteiger partial charge in [0, 0.05) is 37.9 Å². The zero-order chi connectivity index (χ0) is 18.2. The fourth-order valence-electron chi connectivity index (χ4n) is 3.95. The van der Waals surface area contributed by atoms with Gasteiger partial charge in [-0.1, -0.05) is 6.07 Å². The van der Waals surface area contributed by atoms with Gasteiger partial charge in [0.1, 0.15) is 5.82 Å². The highest BCUT2D eigenvalue weighted by Crippen LogP contribution is 2.55. The van der Waals surface area contributed by atoms with Crippen LogP contribution in [0.3, 0.4) is 0 Å². The summed E-state index contributed by atoms with van der Waals surface area (Å²) in [4.78, 5) is 19.4. The summed E-state index contributed by atoms with van der Waals surface area (Å²) in [5.74, 6) is 1.76. The standard InChI is InChI=1S/C21H20FN5/c22-18-5-4-14(10-19(18)27-8-1-2-9-27)16-11-17(16)15-12-25-21(26-13-15)20-23-6-3-7-24-20/h3-7,10,12-13,16-17H,1-2,8-9,11H2/t16-,17-/m0/s1. The first-order valence-electron chi connectivity index (χ1n) is 9.43. The third kappa shape index (κ3) is 3.16. The van der Waals surface area contributed by atoms with Crippen LogP contribution in [0.5, 0.6) is 0 Å². The molecular weight excluding hydrogens is 341 g/mol. The van der Waals surface area contributed by atoms with Gasteiger partial charge < -0.3 is 4.90 Å². The minimum absolute atomic E-state index is 0.117. The predicted molar refractivity (Wildman–Crippen MR) is 101 cm³/mol. The van der Waals surface area contributed by atoms with Crippen LogP contribution in [0.25, 0.3) is 11.6 Å². The molecule has 136 valence electrons. The van der Waals surface area contributed by atoms with E-state index in [9.17, 15) is 4.39 Å². The molecule has 2 aromatic heterocycles. The van der Waals surface area contributed by atoms with Crippen LogP contribution in [0.1, 0.15) is 42.2 Å². The van der Waals surface area contributed by atoms with Crippen LogP contribution in [0.2, 0.25) is 0 Å². The van der Waals surface area contributed by atoms with Crippen molar-refractivity contribution >= 4 is 5.69 Å². The van der Waals surface area contributed by atoms with E-state index in [1.165, 1.54) is 5.56 Å². The number of rotatable bonds is 4. The van der Waals surface area contributed by atoms with Crippen molar-refractivity contribution in [1.82, 2.24) is 19.9 Å². The second-order valence-corrected chi connectivity index (χ2v) is 7.27. The van der Waals surface area contributed by atoms with Gasteiger partial charge in [-0.05, 0) is 60.4 Å². The van der Waals surface area contributed by atoms with Crippen molar-refractivity contribution in [1.29, 1.82) is 0 Å². The van der Waals surface area contributed by atoms with E-state index in [4.69, 9.17) is 0 Å². The van der Waals surface area contributed by atoms with Crippen molar-refractivity contribution in [3.8, 4) is 11.6 Å². The van der Waals surface area contributed by atoms with E-state index in [0.717, 1.165) is 43.6 Å². The SMILES string of the molecule is Fc1ccc([C@@H]2C[C@H]2c2cnc(-c3ncccn3)nc2)cc1N1CCCC1. The van der Waals surface area contributed by atoms with Crippen LogP contribution < -0.4 is 4.90 Å². The van der Waals surface area contributed by atoms with E-state index in [2.05, 4.69) is 24.8 Å². The van der Waals surface area contributed by atoms with Crippen molar-refractivity contribution in [3.05, 3.63) is 66.0 Å².